The van der Waals surface area contributed by atoms with Crippen LogP contribution in [0.5, 0.6) is 0 Å². The summed E-state index contributed by atoms with van der Waals surface area (Å²) in [6, 6.07) is 17.1. The molecule has 10 heterocycles. The van der Waals surface area contributed by atoms with Gasteiger partial charge in [0.25, 0.3) is 17.7 Å². The molecule has 0 unspecified atom stereocenters. The Morgan fingerprint density at radius 1 is 0.690 bits per heavy atom. The number of thiazole rings is 6. The van der Waals surface area contributed by atoms with E-state index in [9.17, 15) is 34.2 Å². The molecular weight excluding hydrogens is 1220 g/mol. The van der Waals surface area contributed by atoms with Crippen LogP contribution in [0.4, 0.5) is 0 Å². The van der Waals surface area contributed by atoms with Crippen LogP contribution in [0.3, 0.4) is 0 Å². The Labute approximate surface area is 522 Å². The molecule has 12 rings (SSSR count). The fourth-order valence-corrected chi connectivity index (χ4v) is 16.3. The number of amides is 5. The zero-order valence-electron chi connectivity index (χ0n) is 47.0. The average Bonchev–Trinajstić information content (AvgIpc) is 2.18. The second-order valence-electron chi connectivity index (χ2n) is 21.8. The smallest absolute Gasteiger partial charge is 0.273 e. The zero-order chi connectivity index (χ0) is 60.8. The van der Waals surface area contributed by atoms with Crippen LogP contribution in [0.1, 0.15) is 135 Å². The SMILES string of the molecule is Cc1ccc(C[C@@H]2NC(=O)c3csc(n3)[C@H]([C@H](O)c3ccccc3)CC(=O)c3nc(sc3C)[C@H](CC(N)=O)NC(=O)c3csc(n3)-c3ccc(-c4nc(C(=O)N5CCC(N)CC5)cs4)nc3-c3csc(n3)-c3csc(n3)[C@@H]3[C@@H](C)[C@@H](O)CN3C2=O)cc1. The van der Waals surface area contributed by atoms with E-state index in [2.05, 4.69) is 10.6 Å². The van der Waals surface area contributed by atoms with Crippen molar-refractivity contribution in [1.29, 1.82) is 0 Å². The number of carbonyl (C=O) groups excluding carboxylic acids is 6. The number of ketones is 1. The molecule has 0 saturated carbocycles. The van der Waals surface area contributed by atoms with Gasteiger partial charge in [-0.15, -0.1) is 68.0 Å². The van der Waals surface area contributed by atoms with Crippen molar-refractivity contribution >= 4 is 103 Å². The molecule has 21 nitrogen and oxygen atoms in total. The minimum Gasteiger partial charge on any atom is -0.391 e. The van der Waals surface area contributed by atoms with Crippen LogP contribution in [-0.2, 0) is 16.0 Å². The minimum atomic E-state index is -1.27. The molecule has 8 N–H and O–H groups in total. The standard InChI is InChI=1S/C60H57N13O8S6/c1-28-9-11-31(12-10-28)19-38-60(81)73-22-45(75)29(2)49(73)58-69-42(26-86-58)56-66-39(23-84-56)48-34(13-14-36(63-48)55-70-43(27-85-55)59(80)72-17-15-33(61)16-18-72)53-67-40(24-82-53)51(78)64-37(21-46(62)76)57-71-47(30(3)87-57)44(74)20-35(50(77)32-7-5-4-6-8-32)54-68-41(25-83-54)52(79)65-38/h4-14,23-27,29,33,35,37-38,45,49-50,75,77H,15-22,61H2,1-3H3,(H2,62,76)(H,64,78)(H,65,79)/t29-,35-,37-,38-,45-,49-,50+/m0/s1. The van der Waals surface area contributed by atoms with E-state index >= 15 is 4.79 Å². The topological polar surface area (TPSA) is 316 Å². The monoisotopic (exact) mass is 1280 g/mol. The van der Waals surface area contributed by atoms with Gasteiger partial charge in [0.15, 0.2) is 5.78 Å². The molecule has 87 heavy (non-hydrogen) atoms. The number of Topliss-reactive ketones (excluding diaryl/α,β-unsaturated/α-hetero) is 1. The van der Waals surface area contributed by atoms with E-state index in [-0.39, 0.29) is 64.9 Å². The lowest BCUT2D eigenvalue weighted by Gasteiger charge is -2.29. The number of aryl methyl sites for hydroxylation is 2. The molecule has 7 atom stereocenters. The maximum atomic E-state index is 15.2. The molecule has 0 spiro atoms. The van der Waals surface area contributed by atoms with Gasteiger partial charge in [0.2, 0.25) is 11.8 Å². The van der Waals surface area contributed by atoms with Gasteiger partial charge in [0.1, 0.15) is 70.9 Å². The van der Waals surface area contributed by atoms with E-state index in [0.29, 0.717) is 90.4 Å². The second kappa shape index (κ2) is 25.2. The summed E-state index contributed by atoms with van der Waals surface area (Å²) in [5, 5.41) is 40.4. The molecule has 3 aliphatic heterocycles. The quantitative estimate of drug-likeness (QED) is 0.0832. The summed E-state index contributed by atoms with van der Waals surface area (Å²) in [4.78, 5) is 123. The molecule has 10 bridgehead atoms. The van der Waals surface area contributed by atoms with Gasteiger partial charge >= 0.3 is 0 Å². The molecule has 2 aromatic carbocycles. The van der Waals surface area contributed by atoms with Crippen LogP contribution < -0.4 is 22.1 Å². The molecule has 27 heteroatoms. The van der Waals surface area contributed by atoms with Gasteiger partial charge in [0, 0.05) is 87.7 Å². The zero-order valence-corrected chi connectivity index (χ0v) is 51.9. The molecule has 446 valence electrons. The van der Waals surface area contributed by atoms with Crippen molar-refractivity contribution in [3.05, 3.63) is 153 Å². The normalized spacial score (nSPS) is 20.9. The van der Waals surface area contributed by atoms with Crippen LogP contribution in [0.2, 0.25) is 0 Å². The third-order valence-corrected chi connectivity index (χ3v) is 21.3. The fraction of sp³-hybridized carbons (Fsp3) is 0.317. The number of nitrogens with two attached hydrogens (primary N) is 2. The van der Waals surface area contributed by atoms with Crippen molar-refractivity contribution in [2.45, 2.75) is 95.2 Å². The summed E-state index contributed by atoms with van der Waals surface area (Å²) >= 11 is 7.27. The largest absolute Gasteiger partial charge is 0.391 e. The highest BCUT2D eigenvalue weighted by Gasteiger charge is 2.46. The van der Waals surface area contributed by atoms with Crippen molar-refractivity contribution < 1.29 is 39.0 Å². The van der Waals surface area contributed by atoms with E-state index < -0.39 is 71.6 Å². The highest BCUT2D eigenvalue weighted by atomic mass is 32.1. The first-order valence-electron chi connectivity index (χ1n) is 27.9. The van der Waals surface area contributed by atoms with Gasteiger partial charge in [-0.1, -0.05) is 67.1 Å². The number of carbonyl (C=O) groups is 6. The number of benzene rings is 2. The number of aromatic nitrogens is 7. The number of nitrogens with one attached hydrogen (secondary N) is 2. The van der Waals surface area contributed by atoms with E-state index in [4.69, 9.17) is 46.4 Å². The number of hydrogen-bond acceptors (Lipinski definition) is 22. The molecule has 0 aliphatic carbocycles. The Morgan fingerprint density at radius 2 is 1.33 bits per heavy atom. The van der Waals surface area contributed by atoms with Crippen molar-refractivity contribution in [3.63, 3.8) is 0 Å². The van der Waals surface area contributed by atoms with E-state index in [1.165, 1.54) is 50.7 Å². The van der Waals surface area contributed by atoms with E-state index in [1.807, 2.05) is 54.9 Å². The number of likely N-dealkylation sites (tertiary alicyclic amines) is 1. The van der Waals surface area contributed by atoms with Crippen LogP contribution in [0.25, 0.3) is 43.4 Å². The molecular formula is C60H57N13O8S6. The molecule has 7 aromatic heterocycles. The minimum absolute atomic E-state index is 0.0123. The van der Waals surface area contributed by atoms with Crippen molar-refractivity contribution in [1.82, 2.24) is 55.3 Å². The van der Waals surface area contributed by atoms with Crippen molar-refractivity contribution in [3.8, 4) is 43.4 Å². The lowest BCUT2D eigenvalue weighted by Crippen LogP contribution is -2.50. The number of hydrogen-bond donors (Lipinski definition) is 6. The first-order chi connectivity index (χ1) is 41.9. The first kappa shape index (κ1) is 59.6. The van der Waals surface area contributed by atoms with Crippen LogP contribution in [0.15, 0.2) is 93.6 Å². The molecule has 3 aliphatic rings. The summed E-state index contributed by atoms with van der Waals surface area (Å²) in [6.07, 6.45) is -1.38. The van der Waals surface area contributed by atoms with Gasteiger partial charge in [-0.25, -0.2) is 34.9 Å². The lowest BCUT2D eigenvalue weighted by molar-refractivity contribution is -0.134. The lowest BCUT2D eigenvalue weighted by atomic mass is 9.90. The van der Waals surface area contributed by atoms with Crippen LogP contribution >= 0.6 is 68.0 Å². The average molecular weight is 1280 g/mol. The fourth-order valence-electron chi connectivity index (χ4n) is 10.9. The Hall–Kier alpha value is -7.73. The van der Waals surface area contributed by atoms with Gasteiger partial charge in [-0.2, -0.15) is 0 Å². The predicted octanol–water partition coefficient (Wildman–Crippen LogP) is 8.34. The van der Waals surface area contributed by atoms with Crippen LogP contribution in [0, 0.1) is 19.8 Å². The van der Waals surface area contributed by atoms with Crippen molar-refractivity contribution in [2.24, 2.45) is 17.4 Å². The summed E-state index contributed by atoms with van der Waals surface area (Å²) in [5.41, 5.74) is 16.8. The predicted molar refractivity (Wildman–Crippen MR) is 334 cm³/mol. The summed E-state index contributed by atoms with van der Waals surface area (Å²) in [6.45, 7) is 6.54. The van der Waals surface area contributed by atoms with Crippen molar-refractivity contribution in [2.75, 3.05) is 19.6 Å². The Balaban J connectivity index is 0.948. The maximum Gasteiger partial charge on any atom is 0.273 e. The maximum absolute atomic E-state index is 15.2. The summed E-state index contributed by atoms with van der Waals surface area (Å²) < 4.78 is 0. The Morgan fingerprint density at radius 3 is 2.09 bits per heavy atom. The van der Waals surface area contributed by atoms with E-state index in [0.717, 1.165) is 33.8 Å². The number of aliphatic hydroxyl groups is 2. The number of piperidine rings is 1. The molecule has 5 amide bonds. The first-order valence-corrected chi connectivity index (χ1v) is 33.2. The Bertz CT molecular complexity index is 4070. The number of rotatable bonds is 8. The molecule has 2 saturated heterocycles. The molecule has 2 fully saturated rings. The van der Waals surface area contributed by atoms with Gasteiger partial charge in [-0.3, -0.25) is 28.8 Å². The van der Waals surface area contributed by atoms with Gasteiger partial charge in [-0.05, 0) is 49.9 Å². The highest BCUT2D eigenvalue weighted by Crippen LogP contribution is 2.43. The summed E-state index contributed by atoms with van der Waals surface area (Å²) in [7, 11) is 0. The number of primary amides is 1. The molecule has 9 aromatic rings. The second-order valence-corrected chi connectivity index (χ2v) is 27.4. The number of aliphatic hydroxyl groups excluding tert-OH is 2. The number of fused-ring (bicyclic) bond motifs is 16. The number of nitrogens with zero attached hydrogens (tertiary/aromatic N) is 9. The van der Waals surface area contributed by atoms with Gasteiger partial charge < -0.3 is 42.1 Å². The highest BCUT2D eigenvalue weighted by molar-refractivity contribution is 7.15. The summed E-state index contributed by atoms with van der Waals surface area (Å²) in [5.74, 6) is -4.63. The third kappa shape index (κ3) is 12.6. The molecule has 0 radical (unpaired) electrons. The Kier molecular flexibility index (Phi) is 17.2. The number of pyridine rings is 1. The van der Waals surface area contributed by atoms with Crippen LogP contribution in [-0.4, -0.2) is 128 Å². The third-order valence-electron chi connectivity index (χ3n) is 15.7. The van der Waals surface area contributed by atoms with E-state index in [1.54, 1.807) is 63.9 Å². The van der Waals surface area contributed by atoms with Gasteiger partial charge in [0.05, 0.1) is 41.4 Å².